The summed E-state index contributed by atoms with van der Waals surface area (Å²) in [6.07, 6.45) is -1.95. The Morgan fingerprint density at radius 1 is 1.34 bits per heavy atom. The number of halogens is 3. The van der Waals surface area contributed by atoms with Gasteiger partial charge in [0, 0.05) is 39.0 Å². The maximum atomic E-state index is 13.2. The van der Waals surface area contributed by atoms with E-state index in [9.17, 15) is 18.0 Å². The van der Waals surface area contributed by atoms with E-state index in [4.69, 9.17) is 9.47 Å². The number of aryl methyl sites for hydroxylation is 1. The summed E-state index contributed by atoms with van der Waals surface area (Å²) < 4.78 is 53.7. The van der Waals surface area contributed by atoms with Crippen LogP contribution in [0.15, 0.2) is 30.5 Å². The van der Waals surface area contributed by atoms with Gasteiger partial charge in [-0.25, -0.2) is 0 Å². The Hall–Kier alpha value is -2.75. The summed E-state index contributed by atoms with van der Waals surface area (Å²) in [5.41, 5.74) is 0.730. The molecule has 1 aliphatic rings. The largest absolute Gasteiger partial charge is 0.573 e. The summed E-state index contributed by atoms with van der Waals surface area (Å²) in [5, 5.41) is 0. The molecule has 0 N–H and O–H groups in total. The van der Waals surface area contributed by atoms with Crippen LogP contribution in [0.5, 0.6) is 11.8 Å². The first-order valence-electron chi connectivity index (χ1n) is 9.07. The van der Waals surface area contributed by atoms with Gasteiger partial charge in [0.1, 0.15) is 11.4 Å². The van der Waals surface area contributed by atoms with Gasteiger partial charge in [0.15, 0.2) is 0 Å². The van der Waals surface area contributed by atoms with E-state index in [1.54, 1.807) is 28.8 Å². The lowest BCUT2D eigenvalue weighted by molar-refractivity contribution is -0.274. The molecule has 1 aromatic heterocycles. The van der Waals surface area contributed by atoms with Gasteiger partial charge in [0.2, 0.25) is 0 Å². The van der Waals surface area contributed by atoms with Crippen LogP contribution in [-0.2, 0) is 18.3 Å². The number of methoxy groups -OCH3 is 1. The third-order valence-electron chi connectivity index (χ3n) is 4.61. The molecule has 0 saturated carbocycles. The molecule has 10 heteroatoms. The van der Waals surface area contributed by atoms with Gasteiger partial charge in [0.05, 0.1) is 7.11 Å². The minimum atomic E-state index is -4.78. The van der Waals surface area contributed by atoms with Crippen molar-refractivity contribution in [2.75, 3.05) is 20.3 Å². The van der Waals surface area contributed by atoms with E-state index >= 15 is 0 Å². The number of benzene rings is 1. The van der Waals surface area contributed by atoms with Crippen molar-refractivity contribution in [3.8, 4) is 11.8 Å². The molecule has 0 aliphatic carbocycles. The Bertz CT molecular complexity index is 847. The lowest BCUT2D eigenvalue weighted by Gasteiger charge is -2.34. The molecule has 1 fully saturated rings. The van der Waals surface area contributed by atoms with Gasteiger partial charge in [-0.1, -0.05) is 12.1 Å². The number of nitrogens with zero attached hydrogens (tertiary/aromatic N) is 3. The lowest BCUT2D eigenvalue weighted by Crippen LogP contribution is -2.43. The Labute approximate surface area is 166 Å². The van der Waals surface area contributed by atoms with Crippen molar-refractivity contribution in [2.45, 2.75) is 31.8 Å². The van der Waals surface area contributed by atoms with Crippen LogP contribution in [-0.4, -0.2) is 53.1 Å². The van der Waals surface area contributed by atoms with E-state index in [1.807, 2.05) is 0 Å². The summed E-state index contributed by atoms with van der Waals surface area (Å²) in [4.78, 5) is 19.0. The van der Waals surface area contributed by atoms with Gasteiger partial charge < -0.3 is 23.7 Å². The molecule has 2 heterocycles. The van der Waals surface area contributed by atoms with Crippen molar-refractivity contribution >= 4 is 5.91 Å². The maximum absolute atomic E-state index is 13.2. The number of imidazole rings is 1. The fourth-order valence-electron chi connectivity index (χ4n) is 3.29. The second-order valence-corrected chi connectivity index (χ2v) is 6.70. The fourth-order valence-corrected chi connectivity index (χ4v) is 3.29. The maximum Gasteiger partial charge on any atom is 0.573 e. The second kappa shape index (κ2) is 8.73. The van der Waals surface area contributed by atoms with Crippen molar-refractivity contribution in [1.82, 2.24) is 14.5 Å². The van der Waals surface area contributed by atoms with E-state index < -0.39 is 6.36 Å². The zero-order valence-corrected chi connectivity index (χ0v) is 16.1. The van der Waals surface area contributed by atoms with Crippen LogP contribution >= 0.6 is 0 Å². The number of aromatic nitrogens is 2. The first-order valence-corrected chi connectivity index (χ1v) is 9.07. The third-order valence-corrected chi connectivity index (χ3v) is 4.61. The monoisotopic (exact) mass is 413 g/mol. The highest BCUT2D eigenvalue weighted by Crippen LogP contribution is 2.26. The first-order chi connectivity index (χ1) is 13.8. The number of hydrogen-bond acceptors (Lipinski definition) is 5. The molecular weight excluding hydrogens is 391 g/mol. The Morgan fingerprint density at radius 3 is 2.69 bits per heavy atom. The fraction of sp³-hybridized carbons (Fsp3) is 0.474. The average Bonchev–Trinajstić information content (AvgIpc) is 3.06. The predicted molar refractivity (Wildman–Crippen MR) is 96.6 cm³/mol. The molecule has 2 aromatic rings. The number of rotatable bonds is 6. The molecule has 0 unspecified atom stereocenters. The summed E-state index contributed by atoms with van der Waals surface area (Å²) in [5.74, 6) is -0.646. The SMILES string of the molecule is COc1nc(C(=O)N(Cc2cccc(OC(F)(F)F)c2)C2CCOCC2)cn1C. The quantitative estimate of drug-likeness (QED) is 0.728. The highest BCUT2D eigenvalue weighted by atomic mass is 19.4. The zero-order valence-electron chi connectivity index (χ0n) is 16.1. The Morgan fingerprint density at radius 2 is 2.07 bits per heavy atom. The number of amides is 1. The highest BCUT2D eigenvalue weighted by Gasteiger charge is 2.32. The van der Waals surface area contributed by atoms with Gasteiger partial charge in [-0.3, -0.25) is 4.79 Å². The molecule has 1 amide bonds. The number of alkyl halides is 3. The molecule has 0 radical (unpaired) electrons. The highest BCUT2D eigenvalue weighted by molar-refractivity contribution is 5.92. The smallest absolute Gasteiger partial charge is 0.468 e. The van der Waals surface area contributed by atoms with Crippen LogP contribution in [0.4, 0.5) is 13.2 Å². The van der Waals surface area contributed by atoms with E-state index in [-0.39, 0.29) is 29.9 Å². The van der Waals surface area contributed by atoms with Crippen LogP contribution < -0.4 is 9.47 Å². The molecule has 0 bridgehead atoms. The molecule has 1 aliphatic heterocycles. The number of carbonyl (C=O) groups excluding carboxylic acids is 1. The summed E-state index contributed by atoms with van der Waals surface area (Å²) in [7, 11) is 3.17. The normalized spacial score (nSPS) is 15.2. The summed E-state index contributed by atoms with van der Waals surface area (Å²) in [6, 6.07) is 5.81. The molecule has 0 spiro atoms. The molecule has 0 atom stereocenters. The molecule has 1 aromatic carbocycles. The third kappa shape index (κ3) is 5.41. The molecule has 3 rings (SSSR count). The second-order valence-electron chi connectivity index (χ2n) is 6.70. The Kier molecular flexibility index (Phi) is 6.31. The van der Waals surface area contributed by atoms with Crippen molar-refractivity contribution in [2.24, 2.45) is 7.05 Å². The van der Waals surface area contributed by atoms with Crippen LogP contribution in [0.1, 0.15) is 28.9 Å². The van der Waals surface area contributed by atoms with Crippen molar-refractivity contribution in [3.05, 3.63) is 41.7 Å². The average molecular weight is 413 g/mol. The molecule has 1 saturated heterocycles. The van der Waals surface area contributed by atoms with E-state index in [1.165, 1.54) is 25.3 Å². The van der Waals surface area contributed by atoms with Gasteiger partial charge in [0.25, 0.3) is 11.9 Å². The van der Waals surface area contributed by atoms with Gasteiger partial charge in [-0.15, -0.1) is 13.2 Å². The standard InChI is InChI=1S/C19H22F3N3O4/c1-24-12-16(23-18(24)27-2)17(26)25(14-6-8-28-9-7-14)11-13-4-3-5-15(10-13)29-19(20,21)22/h3-5,10,12,14H,6-9,11H2,1-2H3. The lowest BCUT2D eigenvalue weighted by atomic mass is 10.0. The zero-order chi connectivity index (χ0) is 21.0. The van der Waals surface area contributed by atoms with Crippen molar-refractivity contribution < 1.29 is 32.2 Å². The van der Waals surface area contributed by atoms with Gasteiger partial charge in [-0.05, 0) is 30.5 Å². The molecule has 7 nitrogen and oxygen atoms in total. The van der Waals surface area contributed by atoms with Gasteiger partial charge in [-0.2, -0.15) is 4.98 Å². The number of carbonyl (C=O) groups is 1. The molecule has 29 heavy (non-hydrogen) atoms. The number of ether oxygens (including phenoxy) is 3. The minimum absolute atomic E-state index is 0.114. The molecule has 158 valence electrons. The van der Waals surface area contributed by atoms with Crippen LogP contribution in [0.2, 0.25) is 0 Å². The summed E-state index contributed by atoms with van der Waals surface area (Å²) >= 11 is 0. The first kappa shape index (κ1) is 21.0. The van der Waals surface area contributed by atoms with Crippen LogP contribution in [0, 0.1) is 0 Å². The van der Waals surface area contributed by atoms with Crippen molar-refractivity contribution in [3.63, 3.8) is 0 Å². The van der Waals surface area contributed by atoms with E-state index in [0.29, 0.717) is 37.6 Å². The van der Waals surface area contributed by atoms with Gasteiger partial charge >= 0.3 is 6.36 Å². The minimum Gasteiger partial charge on any atom is -0.468 e. The number of hydrogen-bond donors (Lipinski definition) is 0. The van der Waals surface area contributed by atoms with E-state index in [0.717, 1.165) is 0 Å². The molecular formula is C19H22F3N3O4. The van der Waals surface area contributed by atoms with Crippen LogP contribution in [0.3, 0.4) is 0 Å². The Balaban J connectivity index is 1.86. The topological polar surface area (TPSA) is 65.8 Å². The predicted octanol–water partition coefficient (Wildman–Crippen LogP) is 3.15. The van der Waals surface area contributed by atoms with E-state index in [2.05, 4.69) is 9.72 Å². The van der Waals surface area contributed by atoms with Crippen LogP contribution in [0.25, 0.3) is 0 Å². The van der Waals surface area contributed by atoms with Crippen molar-refractivity contribution in [1.29, 1.82) is 0 Å². The summed E-state index contributed by atoms with van der Waals surface area (Å²) in [6.45, 7) is 1.14.